The van der Waals surface area contributed by atoms with E-state index in [-0.39, 0.29) is 0 Å². The van der Waals surface area contributed by atoms with Gasteiger partial charge in [-0.15, -0.1) is 0 Å². The van der Waals surface area contributed by atoms with Crippen molar-refractivity contribution < 1.29 is 62.0 Å². The highest BCUT2D eigenvalue weighted by molar-refractivity contribution is 5.87. The Bertz CT molecular complexity index is 763. The fourth-order valence-electron chi connectivity index (χ4n) is 2.43. The first-order valence-electron chi connectivity index (χ1n) is 9.45. The van der Waals surface area contributed by atoms with Crippen LogP contribution in [0.5, 0.6) is 0 Å². The molecule has 0 aromatic carbocycles. The predicted molar refractivity (Wildman–Crippen MR) is 104 cm³/mol. The summed E-state index contributed by atoms with van der Waals surface area (Å²) in [5.74, 6) is -6.63. The number of hydrogen-bond donors (Lipinski definition) is 1. The Kier molecular flexibility index (Phi) is 12.8. The van der Waals surface area contributed by atoms with Gasteiger partial charge in [0, 0.05) is 34.6 Å². The fraction of sp³-hybridized carbons (Fsp3) is 0.632. The number of carbonyl (C=O) groups excluding carboxylic acids is 7. The monoisotopic (exact) mass is 477 g/mol. The lowest BCUT2D eigenvalue weighted by Gasteiger charge is -2.34. The summed E-state index contributed by atoms with van der Waals surface area (Å²) in [6, 6.07) is 0. The zero-order valence-corrected chi connectivity index (χ0v) is 19.0. The van der Waals surface area contributed by atoms with Gasteiger partial charge in [-0.25, -0.2) is 0 Å². The molecule has 1 amide bonds. The van der Waals surface area contributed by atoms with Gasteiger partial charge in [0.2, 0.25) is 6.10 Å². The van der Waals surface area contributed by atoms with Crippen LogP contribution in [0.4, 0.5) is 0 Å². The van der Waals surface area contributed by atoms with Gasteiger partial charge in [-0.05, 0) is 0 Å². The number of ether oxygens (including phenoxy) is 6. The first-order valence-corrected chi connectivity index (χ1v) is 9.45. The topological polar surface area (TPSA) is 187 Å². The molecular formula is C19H27NO13. The maximum Gasteiger partial charge on any atom is 0.325 e. The molecule has 4 atom stereocenters. The second-order valence-corrected chi connectivity index (χ2v) is 6.42. The summed E-state index contributed by atoms with van der Waals surface area (Å²) in [4.78, 5) is 82.1. The van der Waals surface area contributed by atoms with Crippen molar-refractivity contribution >= 4 is 41.7 Å². The molecule has 0 aromatic heterocycles. The summed E-state index contributed by atoms with van der Waals surface area (Å²) in [7, 11) is 1.06. The van der Waals surface area contributed by atoms with E-state index in [1.165, 1.54) is 0 Å². The maximum absolute atomic E-state index is 12.7. The van der Waals surface area contributed by atoms with Crippen molar-refractivity contribution in [1.29, 1.82) is 0 Å². The zero-order chi connectivity index (χ0) is 25.7. The molecule has 0 heterocycles. The van der Waals surface area contributed by atoms with Crippen LogP contribution in [0.25, 0.3) is 0 Å². The van der Waals surface area contributed by atoms with Crippen LogP contribution in [0.15, 0.2) is 0 Å². The Morgan fingerprint density at radius 1 is 0.667 bits per heavy atom. The van der Waals surface area contributed by atoms with Crippen molar-refractivity contribution in [1.82, 2.24) is 5.32 Å². The average molecular weight is 477 g/mol. The molecule has 33 heavy (non-hydrogen) atoms. The zero-order valence-electron chi connectivity index (χ0n) is 19.0. The quantitative estimate of drug-likeness (QED) is 0.255. The summed E-state index contributed by atoms with van der Waals surface area (Å²) in [5.41, 5.74) is 0. The molecule has 0 saturated heterocycles. The third kappa shape index (κ3) is 12.0. The van der Waals surface area contributed by atoms with Crippen LogP contribution in [0.2, 0.25) is 0 Å². The molecule has 0 spiro atoms. The SMILES string of the molecule is COC(=O)CNC(=O)[C@H](OC(C)=O)[C@@H](OC(C)=O)[C@H](OC(C)=O)[C@@H](COC(C)=O)OC(C)=O. The van der Waals surface area contributed by atoms with E-state index in [1.54, 1.807) is 0 Å². The van der Waals surface area contributed by atoms with Crippen molar-refractivity contribution in [3.63, 3.8) is 0 Å². The van der Waals surface area contributed by atoms with E-state index in [0.29, 0.717) is 0 Å². The highest BCUT2D eigenvalue weighted by atomic mass is 16.6. The van der Waals surface area contributed by atoms with Gasteiger partial charge in [-0.1, -0.05) is 0 Å². The largest absolute Gasteiger partial charge is 0.468 e. The Morgan fingerprint density at radius 3 is 1.58 bits per heavy atom. The molecule has 0 rings (SSSR count). The molecule has 0 aliphatic carbocycles. The van der Waals surface area contributed by atoms with Gasteiger partial charge in [0.1, 0.15) is 13.2 Å². The lowest BCUT2D eigenvalue weighted by molar-refractivity contribution is -0.203. The number of esters is 6. The molecule has 14 heteroatoms. The van der Waals surface area contributed by atoms with Crippen LogP contribution in [-0.2, 0) is 62.0 Å². The van der Waals surface area contributed by atoms with Crippen molar-refractivity contribution in [3.05, 3.63) is 0 Å². The molecule has 0 saturated carbocycles. The Balaban J connectivity index is 6.39. The van der Waals surface area contributed by atoms with E-state index in [1.807, 2.05) is 0 Å². The van der Waals surface area contributed by atoms with Crippen molar-refractivity contribution in [2.45, 2.75) is 59.0 Å². The Morgan fingerprint density at radius 2 is 1.15 bits per heavy atom. The maximum atomic E-state index is 12.7. The molecule has 1 N–H and O–H groups in total. The second kappa shape index (κ2) is 14.4. The van der Waals surface area contributed by atoms with E-state index >= 15 is 0 Å². The predicted octanol–water partition coefficient (Wildman–Crippen LogP) is -1.43. The standard InChI is InChI=1S/C19H27NO13/c1-9(21)29-8-14(30-10(2)22)16(31-11(3)23)17(32-12(4)24)18(33-13(5)25)19(27)20-7-15(26)28-6/h14,16-18H,7-8H2,1-6H3,(H,20,27)/t14-,16-,17+,18-/m1/s1. The number of hydrogen-bond acceptors (Lipinski definition) is 13. The fourth-order valence-corrected chi connectivity index (χ4v) is 2.43. The van der Waals surface area contributed by atoms with Crippen LogP contribution >= 0.6 is 0 Å². The second-order valence-electron chi connectivity index (χ2n) is 6.42. The molecule has 0 radical (unpaired) electrons. The van der Waals surface area contributed by atoms with E-state index < -0.39 is 79.3 Å². The minimum atomic E-state index is -1.98. The molecular weight excluding hydrogens is 450 g/mol. The molecule has 0 aliphatic rings. The number of methoxy groups -OCH3 is 1. The highest BCUT2D eigenvalue weighted by Gasteiger charge is 2.46. The van der Waals surface area contributed by atoms with Crippen LogP contribution in [-0.4, -0.2) is 86.4 Å². The number of carbonyl (C=O) groups is 7. The Labute approximate surface area is 189 Å². The smallest absolute Gasteiger partial charge is 0.325 e. The van der Waals surface area contributed by atoms with E-state index in [2.05, 4.69) is 10.1 Å². The summed E-state index contributed by atoms with van der Waals surface area (Å²) in [6.07, 6.45) is -7.21. The van der Waals surface area contributed by atoms with E-state index in [9.17, 15) is 33.6 Å². The lowest BCUT2D eigenvalue weighted by Crippen LogP contribution is -2.57. The highest BCUT2D eigenvalue weighted by Crippen LogP contribution is 2.20. The number of nitrogens with one attached hydrogen (secondary N) is 1. The van der Waals surface area contributed by atoms with Gasteiger partial charge < -0.3 is 33.7 Å². The van der Waals surface area contributed by atoms with Crippen molar-refractivity contribution in [2.24, 2.45) is 0 Å². The molecule has 0 aliphatic heterocycles. The lowest BCUT2D eigenvalue weighted by atomic mass is 10.0. The van der Waals surface area contributed by atoms with Gasteiger partial charge in [-0.2, -0.15) is 0 Å². The summed E-state index contributed by atoms with van der Waals surface area (Å²) >= 11 is 0. The molecule has 0 unspecified atom stereocenters. The summed E-state index contributed by atoms with van der Waals surface area (Å²) in [6.45, 7) is 3.60. The molecule has 186 valence electrons. The average Bonchev–Trinajstić information content (AvgIpc) is 2.69. The van der Waals surface area contributed by atoms with Gasteiger partial charge in [0.25, 0.3) is 5.91 Å². The van der Waals surface area contributed by atoms with Gasteiger partial charge >= 0.3 is 35.8 Å². The van der Waals surface area contributed by atoms with Crippen molar-refractivity contribution in [3.8, 4) is 0 Å². The van der Waals surface area contributed by atoms with Crippen LogP contribution in [0.1, 0.15) is 34.6 Å². The molecule has 14 nitrogen and oxygen atoms in total. The summed E-state index contributed by atoms with van der Waals surface area (Å²) in [5, 5.41) is 2.12. The third-order valence-electron chi connectivity index (χ3n) is 3.55. The van der Waals surface area contributed by atoms with Crippen molar-refractivity contribution in [2.75, 3.05) is 20.3 Å². The molecule has 0 fully saturated rings. The van der Waals surface area contributed by atoms with Gasteiger partial charge in [0.05, 0.1) is 7.11 Å². The number of amides is 1. The normalized spacial score (nSPS) is 13.8. The van der Waals surface area contributed by atoms with E-state index in [0.717, 1.165) is 41.7 Å². The first-order chi connectivity index (χ1) is 15.3. The van der Waals surface area contributed by atoms with Crippen LogP contribution in [0.3, 0.4) is 0 Å². The molecule has 0 aromatic rings. The Hall–Kier alpha value is -3.71. The summed E-state index contributed by atoms with van der Waals surface area (Å²) < 4.78 is 29.4. The van der Waals surface area contributed by atoms with Crippen LogP contribution < -0.4 is 5.32 Å². The number of rotatable bonds is 12. The molecule has 0 bridgehead atoms. The minimum Gasteiger partial charge on any atom is -0.468 e. The first kappa shape index (κ1) is 29.3. The van der Waals surface area contributed by atoms with Crippen LogP contribution in [0, 0.1) is 0 Å². The van der Waals surface area contributed by atoms with Gasteiger partial charge in [-0.3, -0.25) is 33.6 Å². The van der Waals surface area contributed by atoms with Gasteiger partial charge in [0.15, 0.2) is 18.3 Å². The third-order valence-corrected chi connectivity index (χ3v) is 3.55. The minimum absolute atomic E-state index is 0.640. The van der Waals surface area contributed by atoms with E-state index in [4.69, 9.17) is 23.7 Å².